The highest BCUT2D eigenvalue weighted by atomic mass is 19.1. The molecule has 5 nitrogen and oxygen atoms in total. The van der Waals surface area contributed by atoms with Gasteiger partial charge in [-0.1, -0.05) is 0 Å². The highest BCUT2D eigenvalue weighted by Gasteiger charge is 2.04. The first-order chi connectivity index (χ1) is 9.19. The Labute approximate surface area is 109 Å². The minimum absolute atomic E-state index is 0.0281. The summed E-state index contributed by atoms with van der Waals surface area (Å²) in [5.74, 6) is -0.127. The Kier molecular flexibility index (Phi) is 4.15. The molecule has 1 N–H and O–H groups in total. The number of ether oxygens (including phenoxy) is 1. The van der Waals surface area contributed by atoms with Crippen LogP contribution < -0.4 is 5.32 Å². The van der Waals surface area contributed by atoms with Crippen LogP contribution in [-0.4, -0.2) is 29.6 Å². The van der Waals surface area contributed by atoms with E-state index in [1.807, 2.05) is 0 Å². The van der Waals surface area contributed by atoms with Gasteiger partial charge in [0.05, 0.1) is 18.1 Å². The Morgan fingerprint density at radius 3 is 2.47 bits per heavy atom. The summed E-state index contributed by atoms with van der Waals surface area (Å²) < 4.78 is 17.5. The molecule has 0 spiro atoms. The number of carbonyl (C=O) groups excluding carboxylic acids is 1. The molecule has 1 amide bonds. The fraction of sp³-hybridized carbons (Fsp3) is 0.154. The number of aromatic nitrogens is 2. The topological polar surface area (TPSA) is 64.1 Å². The third kappa shape index (κ3) is 3.56. The standard InChI is InChI=1S/C13H12FN3O2/c1-19-8-12(18)17-11-6-15-13(16-7-11)9-2-4-10(14)5-3-9/h2-7H,8H2,1H3,(H,17,18). The zero-order chi connectivity index (χ0) is 13.7. The molecule has 6 heteroatoms. The fourth-order valence-electron chi connectivity index (χ4n) is 1.47. The third-order valence-electron chi connectivity index (χ3n) is 2.31. The lowest BCUT2D eigenvalue weighted by Gasteiger charge is -2.04. The molecular weight excluding hydrogens is 249 g/mol. The second kappa shape index (κ2) is 6.01. The number of hydrogen-bond donors (Lipinski definition) is 1. The van der Waals surface area contributed by atoms with Gasteiger partial charge < -0.3 is 10.1 Å². The number of methoxy groups -OCH3 is 1. The summed E-state index contributed by atoms with van der Waals surface area (Å²) in [5, 5.41) is 2.58. The Morgan fingerprint density at radius 1 is 1.26 bits per heavy atom. The fourth-order valence-corrected chi connectivity index (χ4v) is 1.47. The molecule has 0 bridgehead atoms. The lowest BCUT2D eigenvalue weighted by atomic mass is 10.2. The van der Waals surface area contributed by atoms with Gasteiger partial charge in [-0.05, 0) is 24.3 Å². The smallest absolute Gasteiger partial charge is 0.250 e. The summed E-state index contributed by atoms with van der Waals surface area (Å²) in [4.78, 5) is 19.5. The molecule has 0 atom stereocenters. The summed E-state index contributed by atoms with van der Waals surface area (Å²) >= 11 is 0. The van der Waals surface area contributed by atoms with Crippen molar-refractivity contribution in [2.45, 2.75) is 0 Å². The second-order valence-corrected chi connectivity index (χ2v) is 3.78. The zero-order valence-corrected chi connectivity index (χ0v) is 10.3. The Balaban J connectivity index is 2.10. The van der Waals surface area contributed by atoms with E-state index in [4.69, 9.17) is 4.74 Å². The van der Waals surface area contributed by atoms with E-state index in [1.54, 1.807) is 12.1 Å². The summed E-state index contributed by atoms with van der Waals surface area (Å²) in [6, 6.07) is 5.86. The first-order valence-electron chi connectivity index (χ1n) is 5.56. The highest BCUT2D eigenvalue weighted by molar-refractivity contribution is 5.91. The Morgan fingerprint density at radius 2 is 1.89 bits per heavy atom. The first kappa shape index (κ1) is 13.1. The molecule has 1 aromatic carbocycles. The van der Waals surface area contributed by atoms with E-state index >= 15 is 0 Å². The number of nitrogens with zero attached hydrogens (tertiary/aromatic N) is 2. The van der Waals surface area contributed by atoms with Gasteiger partial charge in [0, 0.05) is 12.7 Å². The molecule has 0 saturated carbocycles. The monoisotopic (exact) mass is 261 g/mol. The molecule has 0 aliphatic rings. The van der Waals surface area contributed by atoms with Crippen molar-refractivity contribution >= 4 is 11.6 Å². The van der Waals surface area contributed by atoms with Gasteiger partial charge in [0.2, 0.25) is 5.91 Å². The van der Waals surface area contributed by atoms with Gasteiger partial charge in [0.1, 0.15) is 12.4 Å². The number of halogens is 1. The van der Waals surface area contributed by atoms with Crippen LogP contribution in [0.2, 0.25) is 0 Å². The van der Waals surface area contributed by atoms with Crippen molar-refractivity contribution in [2.24, 2.45) is 0 Å². The second-order valence-electron chi connectivity index (χ2n) is 3.78. The average molecular weight is 261 g/mol. The maximum atomic E-state index is 12.8. The van der Waals surface area contributed by atoms with Crippen molar-refractivity contribution in [2.75, 3.05) is 19.0 Å². The van der Waals surface area contributed by atoms with E-state index in [2.05, 4.69) is 15.3 Å². The molecule has 98 valence electrons. The summed E-state index contributed by atoms with van der Waals surface area (Å²) in [6.45, 7) is -0.0281. The van der Waals surface area contributed by atoms with Crippen LogP contribution >= 0.6 is 0 Å². The predicted octanol–water partition coefficient (Wildman–Crippen LogP) is 1.87. The third-order valence-corrected chi connectivity index (χ3v) is 2.31. The molecular formula is C13H12FN3O2. The number of amides is 1. The van der Waals surface area contributed by atoms with Gasteiger partial charge in [-0.3, -0.25) is 4.79 Å². The van der Waals surface area contributed by atoms with Crippen LogP contribution in [0.4, 0.5) is 10.1 Å². The highest BCUT2D eigenvalue weighted by Crippen LogP contribution is 2.15. The number of anilines is 1. The van der Waals surface area contributed by atoms with Crippen molar-refractivity contribution in [3.63, 3.8) is 0 Å². The Bertz CT molecular complexity index is 555. The van der Waals surface area contributed by atoms with Crippen LogP contribution in [0.3, 0.4) is 0 Å². The van der Waals surface area contributed by atoms with Gasteiger partial charge in [0.25, 0.3) is 0 Å². The van der Waals surface area contributed by atoms with Crippen molar-refractivity contribution in [3.8, 4) is 11.4 Å². The number of benzene rings is 1. The van der Waals surface area contributed by atoms with Crippen molar-refractivity contribution in [3.05, 3.63) is 42.5 Å². The van der Waals surface area contributed by atoms with Gasteiger partial charge >= 0.3 is 0 Å². The van der Waals surface area contributed by atoms with E-state index in [0.29, 0.717) is 17.1 Å². The van der Waals surface area contributed by atoms with Crippen LogP contribution in [0.25, 0.3) is 11.4 Å². The number of hydrogen-bond acceptors (Lipinski definition) is 4. The van der Waals surface area contributed by atoms with E-state index in [1.165, 1.54) is 31.6 Å². The van der Waals surface area contributed by atoms with Crippen LogP contribution in [0, 0.1) is 5.82 Å². The van der Waals surface area contributed by atoms with E-state index in [-0.39, 0.29) is 18.3 Å². The largest absolute Gasteiger partial charge is 0.375 e. The van der Waals surface area contributed by atoms with Crippen molar-refractivity contribution in [1.82, 2.24) is 9.97 Å². The van der Waals surface area contributed by atoms with E-state index in [9.17, 15) is 9.18 Å². The molecule has 0 saturated heterocycles. The van der Waals surface area contributed by atoms with Gasteiger partial charge in [-0.25, -0.2) is 14.4 Å². The lowest BCUT2D eigenvalue weighted by molar-refractivity contribution is -0.119. The molecule has 0 aliphatic heterocycles. The molecule has 0 unspecified atom stereocenters. The first-order valence-corrected chi connectivity index (χ1v) is 5.56. The maximum Gasteiger partial charge on any atom is 0.250 e. The quantitative estimate of drug-likeness (QED) is 0.912. The van der Waals surface area contributed by atoms with Crippen LogP contribution in [-0.2, 0) is 9.53 Å². The normalized spacial score (nSPS) is 10.2. The minimum atomic E-state index is -0.313. The molecule has 1 aromatic heterocycles. The van der Waals surface area contributed by atoms with E-state index < -0.39 is 0 Å². The van der Waals surface area contributed by atoms with Gasteiger partial charge in [-0.2, -0.15) is 0 Å². The summed E-state index contributed by atoms with van der Waals surface area (Å²) in [5.41, 5.74) is 1.18. The van der Waals surface area contributed by atoms with Crippen molar-refractivity contribution in [1.29, 1.82) is 0 Å². The van der Waals surface area contributed by atoms with Crippen LogP contribution in [0.15, 0.2) is 36.7 Å². The predicted molar refractivity (Wildman–Crippen MR) is 67.9 cm³/mol. The van der Waals surface area contributed by atoms with Gasteiger partial charge in [-0.15, -0.1) is 0 Å². The number of rotatable bonds is 4. The minimum Gasteiger partial charge on any atom is -0.375 e. The Hall–Kier alpha value is -2.34. The molecule has 0 radical (unpaired) electrons. The number of carbonyl (C=O) groups is 1. The molecule has 1 heterocycles. The zero-order valence-electron chi connectivity index (χ0n) is 10.3. The lowest BCUT2D eigenvalue weighted by Crippen LogP contribution is -2.17. The summed E-state index contributed by atoms with van der Waals surface area (Å²) in [6.07, 6.45) is 2.97. The number of nitrogens with one attached hydrogen (secondary N) is 1. The molecule has 0 aliphatic carbocycles. The maximum absolute atomic E-state index is 12.8. The molecule has 0 fully saturated rings. The molecule has 19 heavy (non-hydrogen) atoms. The molecule has 2 aromatic rings. The van der Waals surface area contributed by atoms with Crippen molar-refractivity contribution < 1.29 is 13.9 Å². The molecule has 2 rings (SSSR count). The van der Waals surface area contributed by atoms with Crippen LogP contribution in [0.5, 0.6) is 0 Å². The van der Waals surface area contributed by atoms with Crippen LogP contribution in [0.1, 0.15) is 0 Å². The SMILES string of the molecule is COCC(=O)Nc1cnc(-c2ccc(F)cc2)nc1. The average Bonchev–Trinajstić information content (AvgIpc) is 2.41. The van der Waals surface area contributed by atoms with Gasteiger partial charge in [0.15, 0.2) is 5.82 Å². The summed E-state index contributed by atoms with van der Waals surface area (Å²) in [7, 11) is 1.44. The van der Waals surface area contributed by atoms with E-state index in [0.717, 1.165) is 0 Å².